The zero-order valence-corrected chi connectivity index (χ0v) is 8.91. The minimum atomic E-state index is 0.432. The van der Waals surface area contributed by atoms with E-state index < -0.39 is 0 Å². The van der Waals surface area contributed by atoms with Gasteiger partial charge >= 0.3 is 0 Å². The number of pyridine rings is 1. The third-order valence-electron chi connectivity index (χ3n) is 1.86. The lowest BCUT2D eigenvalue weighted by Crippen LogP contribution is -1.84. The van der Waals surface area contributed by atoms with Crippen LogP contribution in [0, 0.1) is 18.3 Å². The number of hydrogen-bond donors (Lipinski definition) is 0. The summed E-state index contributed by atoms with van der Waals surface area (Å²) in [5, 5.41) is 9.51. The van der Waals surface area contributed by atoms with Crippen LogP contribution in [0.25, 0.3) is 0 Å². The number of furan rings is 1. The average Bonchev–Trinajstić information content (AvgIpc) is 2.65. The van der Waals surface area contributed by atoms with Gasteiger partial charge in [0.05, 0.1) is 11.2 Å². The molecule has 0 bridgehead atoms. The molecular formula is C11H8N2OS. The first kappa shape index (κ1) is 9.81. The summed E-state index contributed by atoms with van der Waals surface area (Å²) in [4.78, 5) is 5.19. The zero-order chi connectivity index (χ0) is 10.7. The summed E-state index contributed by atoms with van der Waals surface area (Å²) < 4.78 is 5.18. The van der Waals surface area contributed by atoms with Gasteiger partial charge in [0.15, 0.2) is 0 Å². The van der Waals surface area contributed by atoms with Gasteiger partial charge in [-0.15, -0.1) is 0 Å². The first-order chi connectivity index (χ1) is 7.29. The van der Waals surface area contributed by atoms with Gasteiger partial charge in [-0.2, -0.15) is 5.26 Å². The third kappa shape index (κ3) is 2.20. The molecule has 0 atom stereocenters. The number of aromatic nitrogens is 1. The van der Waals surface area contributed by atoms with Crippen molar-refractivity contribution in [1.82, 2.24) is 4.98 Å². The Morgan fingerprint density at radius 3 is 2.93 bits per heavy atom. The van der Waals surface area contributed by atoms with E-state index >= 15 is 0 Å². The Labute approximate surface area is 91.7 Å². The van der Waals surface area contributed by atoms with Crippen molar-refractivity contribution in [2.45, 2.75) is 16.8 Å². The molecule has 0 saturated carbocycles. The van der Waals surface area contributed by atoms with Gasteiger partial charge in [-0.25, -0.2) is 4.98 Å². The summed E-state index contributed by atoms with van der Waals surface area (Å²) in [5.41, 5.74) is 0.432. The van der Waals surface area contributed by atoms with Crippen molar-refractivity contribution < 1.29 is 4.42 Å². The van der Waals surface area contributed by atoms with Crippen LogP contribution in [0.15, 0.2) is 44.9 Å². The van der Waals surface area contributed by atoms with Crippen LogP contribution in [-0.2, 0) is 0 Å². The Morgan fingerprint density at radius 2 is 2.27 bits per heavy atom. The number of hydrogen-bond acceptors (Lipinski definition) is 4. The van der Waals surface area contributed by atoms with Crippen LogP contribution in [0.5, 0.6) is 0 Å². The molecule has 0 aliphatic carbocycles. The SMILES string of the molecule is Cc1occc1Sc1cccc(C#N)n1. The molecule has 0 aliphatic heterocycles. The van der Waals surface area contributed by atoms with Gasteiger partial charge in [0.2, 0.25) is 0 Å². The van der Waals surface area contributed by atoms with E-state index in [1.54, 1.807) is 12.3 Å². The van der Waals surface area contributed by atoms with Crippen molar-refractivity contribution in [1.29, 1.82) is 5.26 Å². The van der Waals surface area contributed by atoms with E-state index in [2.05, 4.69) is 4.98 Å². The van der Waals surface area contributed by atoms with Crippen molar-refractivity contribution in [3.63, 3.8) is 0 Å². The summed E-state index contributed by atoms with van der Waals surface area (Å²) in [5.74, 6) is 0.865. The Morgan fingerprint density at radius 1 is 1.40 bits per heavy atom. The van der Waals surface area contributed by atoms with Crippen molar-refractivity contribution >= 4 is 11.8 Å². The van der Waals surface area contributed by atoms with Crippen LogP contribution in [0.2, 0.25) is 0 Å². The van der Waals surface area contributed by atoms with Gasteiger partial charge in [0.25, 0.3) is 0 Å². The summed E-state index contributed by atoms with van der Waals surface area (Å²) in [6.07, 6.45) is 1.64. The molecule has 0 N–H and O–H groups in total. The van der Waals surface area contributed by atoms with Crippen molar-refractivity contribution in [3.05, 3.63) is 42.0 Å². The monoisotopic (exact) mass is 216 g/mol. The molecule has 0 aromatic carbocycles. The van der Waals surface area contributed by atoms with Crippen LogP contribution in [-0.4, -0.2) is 4.98 Å². The second-order valence-corrected chi connectivity index (χ2v) is 3.98. The normalized spacial score (nSPS) is 9.87. The summed E-state index contributed by atoms with van der Waals surface area (Å²) in [6.45, 7) is 1.90. The fraction of sp³-hybridized carbons (Fsp3) is 0.0909. The minimum Gasteiger partial charge on any atom is -0.468 e. The smallest absolute Gasteiger partial charge is 0.141 e. The summed E-state index contributed by atoms with van der Waals surface area (Å²) in [7, 11) is 0. The lowest BCUT2D eigenvalue weighted by atomic mass is 10.4. The fourth-order valence-corrected chi connectivity index (χ4v) is 1.96. The molecule has 0 amide bonds. The second-order valence-electron chi connectivity index (χ2n) is 2.92. The first-order valence-corrected chi connectivity index (χ1v) is 5.20. The largest absolute Gasteiger partial charge is 0.468 e. The maximum Gasteiger partial charge on any atom is 0.141 e. The molecule has 15 heavy (non-hydrogen) atoms. The van der Waals surface area contributed by atoms with Gasteiger partial charge in [-0.05, 0) is 25.1 Å². The van der Waals surface area contributed by atoms with Crippen LogP contribution in [0.4, 0.5) is 0 Å². The van der Waals surface area contributed by atoms with E-state index in [0.717, 1.165) is 15.7 Å². The molecule has 2 rings (SSSR count). The van der Waals surface area contributed by atoms with E-state index in [9.17, 15) is 0 Å². The zero-order valence-electron chi connectivity index (χ0n) is 8.10. The number of nitriles is 1. The van der Waals surface area contributed by atoms with Crippen molar-refractivity contribution in [2.24, 2.45) is 0 Å². The molecule has 3 nitrogen and oxygen atoms in total. The highest BCUT2D eigenvalue weighted by atomic mass is 32.2. The number of aryl methyl sites for hydroxylation is 1. The van der Waals surface area contributed by atoms with E-state index in [1.165, 1.54) is 11.8 Å². The van der Waals surface area contributed by atoms with Crippen molar-refractivity contribution in [3.8, 4) is 6.07 Å². The second kappa shape index (κ2) is 4.20. The molecule has 0 saturated heterocycles. The highest BCUT2D eigenvalue weighted by molar-refractivity contribution is 7.99. The molecule has 0 spiro atoms. The van der Waals surface area contributed by atoms with Crippen LogP contribution in [0.3, 0.4) is 0 Å². The molecular weight excluding hydrogens is 208 g/mol. The molecule has 2 aromatic heterocycles. The Balaban J connectivity index is 2.25. The molecule has 2 aromatic rings. The maximum atomic E-state index is 8.70. The van der Waals surface area contributed by atoms with E-state index in [4.69, 9.17) is 9.68 Å². The predicted molar refractivity (Wildman–Crippen MR) is 56.5 cm³/mol. The number of rotatable bonds is 2. The quantitative estimate of drug-likeness (QED) is 0.774. The lowest BCUT2D eigenvalue weighted by molar-refractivity contribution is 0.527. The van der Waals surface area contributed by atoms with Gasteiger partial charge in [0.1, 0.15) is 22.5 Å². The highest BCUT2D eigenvalue weighted by Gasteiger charge is 2.04. The van der Waals surface area contributed by atoms with E-state index in [-0.39, 0.29) is 0 Å². The molecule has 4 heteroatoms. The van der Waals surface area contributed by atoms with Crippen LogP contribution < -0.4 is 0 Å². The fourth-order valence-electron chi connectivity index (χ4n) is 1.13. The predicted octanol–water partition coefficient (Wildman–Crippen LogP) is 3.01. The molecule has 0 radical (unpaired) electrons. The van der Waals surface area contributed by atoms with Gasteiger partial charge in [0, 0.05) is 0 Å². The molecule has 0 aliphatic rings. The Bertz CT molecular complexity index is 513. The van der Waals surface area contributed by atoms with Gasteiger partial charge in [-0.1, -0.05) is 17.8 Å². The number of nitrogens with zero attached hydrogens (tertiary/aromatic N) is 2. The first-order valence-electron chi connectivity index (χ1n) is 4.38. The van der Waals surface area contributed by atoms with Gasteiger partial charge < -0.3 is 4.42 Å². The molecule has 0 unspecified atom stereocenters. The van der Waals surface area contributed by atoms with Crippen LogP contribution >= 0.6 is 11.8 Å². The minimum absolute atomic E-state index is 0.432. The highest BCUT2D eigenvalue weighted by Crippen LogP contribution is 2.29. The van der Waals surface area contributed by atoms with Gasteiger partial charge in [-0.3, -0.25) is 0 Å². The molecule has 74 valence electrons. The molecule has 2 heterocycles. The Hall–Kier alpha value is -1.73. The topological polar surface area (TPSA) is 49.8 Å². The summed E-state index contributed by atoms with van der Waals surface area (Å²) in [6, 6.07) is 9.29. The van der Waals surface area contributed by atoms with E-state index in [1.807, 2.05) is 31.2 Å². The lowest BCUT2D eigenvalue weighted by Gasteiger charge is -1.98. The summed E-state index contributed by atoms with van der Waals surface area (Å²) >= 11 is 1.49. The van der Waals surface area contributed by atoms with Crippen molar-refractivity contribution in [2.75, 3.05) is 0 Å². The van der Waals surface area contributed by atoms with Crippen LogP contribution in [0.1, 0.15) is 11.5 Å². The van der Waals surface area contributed by atoms with E-state index in [0.29, 0.717) is 5.69 Å². The maximum absolute atomic E-state index is 8.70. The standard InChI is InChI=1S/C11H8N2OS/c1-8-10(5-6-14-8)15-11-4-2-3-9(7-12)13-11/h2-6H,1H3. The average molecular weight is 216 g/mol. The Kier molecular flexibility index (Phi) is 2.75. The molecule has 0 fully saturated rings. The third-order valence-corrected chi connectivity index (χ3v) is 2.94.